The molecule has 0 atom stereocenters. The van der Waals surface area contributed by atoms with Crippen LogP contribution in [0.3, 0.4) is 0 Å². The maximum atomic E-state index is 9.94. The van der Waals surface area contributed by atoms with E-state index in [1.165, 1.54) is 12.8 Å². The Kier molecular flexibility index (Phi) is 3.14. The summed E-state index contributed by atoms with van der Waals surface area (Å²) in [6, 6.07) is 2.37. The van der Waals surface area contributed by atoms with E-state index < -0.39 is 5.60 Å². The Morgan fingerprint density at radius 1 is 1.40 bits per heavy atom. The predicted molar refractivity (Wildman–Crippen MR) is 75.2 cm³/mol. The minimum atomic E-state index is -0.627. The minimum Gasteiger partial charge on any atom is -0.390 e. The molecule has 0 aromatic carbocycles. The Morgan fingerprint density at radius 3 is 2.65 bits per heavy atom. The number of nitrogens with one attached hydrogen (secondary N) is 1. The van der Waals surface area contributed by atoms with Gasteiger partial charge in [-0.3, -0.25) is 0 Å². The van der Waals surface area contributed by atoms with Crippen molar-refractivity contribution in [1.82, 2.24) is 9.97 Å². The van der Waals surface area contributed by atoms with E-state index in [-0.39, 0.29) is 6.04 Å². The third kappa shape index (κ3) is 2.61. The molecule has 2 N–H and O–H groups in total. The number of hydrogen-bond acceptors (Lipinski definition) is 5. The van der Waals surface area contributed by atoms with Gasteiger partial charge in [-0.1, -0.05) is 0 Å². The molecule has 5 heteroatoms. The van der Waals surface area contributed by atoms with Crippen LogP contribution in [0.25, 0.3) is 0 Å². The van der Waals surface area contributed by atoms with E-state index in [4.69, 9.17) is 5.26 Å². The van der Waals surface area contributed by atoms with Crippen LogP contribution < -0.4 is 5.32 Å². The molecule has 0 unspecified atom stereocenters. The first-order valence-electron chi connectivity index (χ1n) is 7.23. The van der Waals surface area contributed by atoms with Crippen LogP contribution in [0.2, 0.25) is 0 Å². The highest BCUT2D eigenvalue weighted by atomic mass is 16.3. The average Bonchev–Trinajstić information content (AvgIpc) is 3.15. The molecule has 0 aliphatic heterocycles. The van der Waals surface area contributed by atoms with Crippen LogP contribution >= 0.6 is 0 Å². The van der Waals surface area contributed by atoms with Crippen molar-refractivity contribution in [3.8, 4) is 6.07 Å². The number of aliphatic hydroxyl groups is 1. The molecule has 1 heterocycles. The first-order valence-corrected chi connectivity index (χ1v) is 7.23. The Bertz CT molecular complexity index is 548. The summed E-state index contributed by atoms with van der Waals surface area (Å²) in [6.45, 7) is 3.70. The Labute approximate surface area is 119 Å². The van der Waals surface area contributed by atoms with Crippen molar-refractivity contribution < 1.29 is 5.11 Å². The molecule has 0 radical (unpaired) electrons. The fourth-order valence-corrected chi connectivity index (χ4v) is 2.67. The fraction of sp³-hybridized carbons (Fsp3) is 0.667. The monoisotopic (exact) mass is 272 g/mol. The molecule has 2 aliphatic rings. The van der Waals surface area contributed by atoms with Gasteiger partial charge in [-0.25, -0.2) is 9.97 Å². The second-order valence-corrected chi connectivity index (χ2v) is 6.54. The van der Waals surface area contributed by atoms with Crippen molar-refractivity contribution in [1.29, 1.82) is 5.26 Å². The third-order valence-electron chi connectivity index (χ3n) is 4.37. The van der Waals surface area contributed by atoms with E-state index in [0.717, 1.165) is 18.5 Å². The molecule has 0 saturated heterocycles. The number of nitriles is 1. The van der Waals surface area contributed by atoms with Crippen LogP contribution in [0.4, 0.5) is 5.82 Å². The topological polar surface area (TPSA) is 81.8 Å². The summed E-state index contributed by atoms with van der Waals surface area (Å²) < 4.78 is 0. The molecule has 1 aromatic heterocycles. The fourth-order valence-electron chi connectivity index (χ4n) is 2.67. The van der Waals surface area contributed by atoms with Gasteiger partial charge in [0.1, 0.15) is 6.07 Å². The van der Waals surface area contributed by atoms with Gasteiger partial charge >= 0.3 is 0 Å². The number of anilines is 1. The summed E-state index contributed by atoms with van der Waals surface area (Å²) in [4.78, 5) is 8.76. The van der Waals surface area contributed by atoms with Gasteiger partial charge in [0.2, 0.25) is 0 Å². The van der Waals surface area contributed by atoms with E-state index in [9.17, 15) is 5.11 Å². The summed E-state index contributed by atoms with van der Waals surface area (Å²) >= 11 is 0. The van der Waals surface area contributed by atoms with E-state index >= 15 is 0 Å². The Balaban J connectivity index is 1.68. The van der Waals surface area contributed by atoms with Gasteiger partial charge in [0.05, 0.1) is 17.5 Å². The van der Waals surface area contributed by atoms with Crippen molar-refractivity contribution in [2.45, 2.75) is 57.1 Å². The zero-order valence-electron chi connectivity index (χ0n) is 11.9. The summed E-state index contributed by atoms with van der Waals surface area (Å²) in [5.41, 5.74) is 0.726. The third-order valence-corrected chi connectivity index (χ3v) is 4.37. The van der Waals surface area contributed by atoms with Gasteiger partial charge in [0, 0.05) is 12.0 Å². The molecule has 2 aliphatic carbocycles. The number of hydrogen-bond donors (Lipinski definition) is 2. The number of rotatable bonds is 4. The average molecular weight is 272 g/mol. The van der Waals surface area contributed by atoms with Crippen molar-refractivity contribution in [2.24, 2.45) is 5.92 Å². The number of nitrogens with zero attached hydrogens (tertiary/aromatic N) is 3. The van der Waals surface area contributed by atoms with Gasteiger partial charge in [-0.05, 0) is 45.4 Å². The highest BCUT2D eigenvalue weighted by Crippen LogP contribution is 2.40. The normalized spacial score (nSPS) is 25.7. The van der Waals surface area contributed by atoms with Gasteiger partial charge in [-0.2, -0.15) is 5.26 Å². The SMILES string of the molecule is CC(C)(O)C1CC(Nc2nc(C3CC3)cnc2C#N)C1. The molecule has 5 nitrogen and oxygen atoms in total. The summed E-state index contributed by atoms with van der Waals surface area (Å²) in [6.07, 6.45) is 5.88. The molecule has 20 heavy (non-hydrogen) atoms. The molecular formula is C15H20N4O. The first-order chi connectivity index (χ1) is 9.47. The second-order valence-electron chi connectivity index (χ2n) is 6.54. The van der Waals surface area contributed by atoms with Crippen LogP contribution in [0, 0.1) is 17.2 Å². The Hall–Kier alpha value is -1.67. The largest absolute Gasteiger partial charge is 0.390 e. The molecule has 2 fully saturated rings. The molecule has 2 saturated carbocycles. The van der Waals surface area contributed by atoms with Crippen molar-refractivity contribution in [3.05, 3.63) is 17.6 Å². The molecule has 1 aromatic rings. The summed E-state index contributed by atoms with van der Waals surface area (Å²) in [5.74, 6) is 1.45. The lowest BCUT2D eigenvalue weighted by Crippen LogP contribution is -2.46. The maximum Gasteiger partial charge on any atom is 0.183 e. The van der Waals surface area contributed by atoms with Gasteiger partial charge < -0.3 is 10.4 Å². The smallest absolute Gasteiger partial charge is 0.183 e. The van der Waals surface area contributed by atoms with Crippen molar-refractivity contribution >= 4 is 5.82 Å². The lowest BCUT2D eigenvalue weighted by atomic mass is 9.71. The van der Waals surface area contributed by atoms with Crippen molar-refractivity contribution in [3.63, 3.8) is 0 Å². The minimum absolute atomic E-state index is 0.280. The van der Waals surface area contributed by atoms with Crippen molar-refractivity contribution in [2.75, 3.05) is 5.32 Å². The van der Waals surface area contributed by atoms with Gasteiger partial charge in [-0.15, -0.1) is 0 Å². The highest BCUT2D eigenvalue weighted by Gasteiger charge is 2.39. The molecule has 0 spiro atoms. The van der Waals surface area contributed by atoms with Crippen LogP contribution in [0.15, 0.2) is 6.20 Å². The van der Waals surface area contributed by atoms with Crippen LogP contribution in [-0.4, -0.2) is 26.7 Å². The summed E-state index contributed by atoms with van der Waals surface area (Å²) in [5, 5.41) is 22.4. The predicted octanol–water partition coefficient (Wildman–Crippen LogP) is 2.19. The molecule has 0 bridgehead atoms. The zero-order chi connectivity index (χ0) is 14.3. The van der Waals surface area contributed by atoms with E-state index in [0.29, 0.717) is 23.3 Å². The lowest BCUT2D eigenvalue weighted by Gasteiger charge is -2.43. The maximum absolute atomic E-state index is 9.94. The van der Waals surface area contributed by atoms with Gasteiger partial charge in [0.15, 0.2) is 11.5 Å². The highest BCUT2D eigenvalue weighted by molar-refractivity contribution is 5.49. The van der Waals surface area contributed by atoms with Gasteiger partial charge in [0.25, 0.3) is 0 Å². The van der Waals surface area contributed by atoms with E-state index in [1.807, 2.05) is 13.8 Å². The Morgan fingerprint density at radius 2 is 2.10 bits per heavy atom. The molecule has 106 valence electrons. The quantitative estimate of drug-likeness (QED) is 0.878. The van der Waals surface area contributed by atoms with Crippen LogP contribution in [-0.2, 0) is 0 Å². The summed E-state index contributed by atoms with van der Waals surface area (Å²) in [7, 11) is 0. The molecular weight excluding hydrogens is 252 g/mol. The lowest BCUT2D eigenvalue weighted by molar-refractivity contribution is -0.0230. The van der Waals surface area contributed by atoms with E-state index in [1.54, 1.807) is 6.20 Å². The number of aromatic nitrogens is 2. The molecule has 0 amide bonds. The zero-order valence-corrected chi connectivity index (χ0v) is 11.9. The van der Waals surface area contributed by atoms with E-state index in [2.05, 4.69) is 21.4 Å². The second kappa shape index (κ2) is 4.71. The first kappa shape index (κ1) is 13.3. The van der Waals surface area contributed by atoms with Crippen LogP contribution in [0.1, 0.15) is 56.8 Å². The van der Waals surface area contributed by atoms with Crippen LogP contribution in [0.5, 0.6) is 0 Å². The standard InChI is InChI=1S/C15H20N4O/c1-15(2,20)10-5-11(6-10)18-14-12(7-16)17-8-13(19-14)9-3-4-9/h8-11,20H,3-6H2,1-2H3,(H,18,19). The molecule has 3 rings (SSSR count).